The van der Waals surface area contributed by atoms with Crippen LogP contribution >= 0.6 is 12.4 Å². The predicted molar refractivity (Wildman–Crippen MR) is 86.4 cm³/mol. The molecule has 5 nitrogen and oxygen atoms in total. The average Bonchev–Trinajstić information content (AvgIpc) is 2.84. The highest BCUT2D eigenvalue weighted by Gasteiger charge is 2.15. The molecule has 122 valence electrons. The molecule has 0 unspecified atom stereocenters. The zero-order valence-electron chi connectivity index (χ0n) is 13.2. The van der Waals surface area contributed by atoms with Crippen LogP contribution in [0.4, 0.5) is 0 Å². The normalized spacial score (nSPS) is 12.0. The third kappa shape index (κ3) is 7.48. The molecule has 0 amide bonds. The minimum atomic E-state index is -0.149. The highest BCUT2D eigenvalue weighted by molar-refractivity contribution is 5.85. The number of ether oxygens (including phenoxy) is 1. The second kappa shape index (κ2) is 10.6. The van der Waals surface area contributed by atoms with Gasteiger partial charge in [-0.05, 0) is 37.8 Å². The number of nitrogens with two attached hydrogens (primary N) is 1. The summed E-state index contributed by atoms with van der Waals surface area (Å²) in [7, 11) is 0. The van der Waals surface area contributed by atoms with Crippen LogP contribution in [0.3, 0.4) is 0 Å². The number of esters is 1. The Morgan fingerprint density at radius 1 is 1.48 bits per heavy atom. The summed E-state index contributed by atoms with van der Waals surface area (Å²) in [5, 5.41) is 4.19. The van der Waals surface area contributed by atoms with Crippen LogP contribution in [0.5, 0.6) is 0 Å². The fraction of sp³-hybridized carbons (Fsp3) is 0.733. The lowest BCUT2D eigenvalue weighted by molar-refractivity contribution is -0.144. The Balaban J connectivity index is 0.00000400. The van der Waals surface area contributed by atoms with Crippen LogP contribution in [0.25, 0.3) is 0 Å². The molecule has 0 aliphatic heterocycles. The first-order valence-electron chi connectivity index (χ1n) is 7.43. The monoisotopic (exact) mass is 317 g/mol. The minimum absolute atomic E-state index is 0. The highest BCUT2D eigenvalue weighted by Crippen LogP contribution is 2.14. The summed E-state index contributed by atoms with van der Waals surface area (Å²) < 4.78 is 7.21. The molecule has 2 N–H and O–H groups in total. The number of halogens is 1. The Morgan fingerprint density at radius 3 is 2.76 bits per heavy atom. The number of carbonyl (C=O) groups is 1. The van der Waals surface area contributed by atoms with Gasteiger partial charge in [0.25, 0.3) is 0 Å². The molecule has 0 aliphatic carbocycles. The fourth-order valence-electron chi connectivity index (χ4n) is 2.35. The first-order chi connectivity index (χ1) is 9.56. The number of nitrogens with zero attached hydrogens (tertiary/aromatic N) is 2. The van der Waals surface area contributed by atoms with Gasteiger partial charge in [-0.25, -0.2) is 0 Å². The molecule has 0 radical (unpaired) electrons. The molecule has 1 aromatic heterocycles. The molecule has 1 heterocycles. The fourth-order valence-corrected chi connectivity index (χ4v) is 2.35. The summed E-state index contributed by atoms with van der Waals surface area (Å²) in [6.07, 6.45) is 3.86. The van der Waals surface area contributed by atoms with Crippen molar-refractivity contribution in [3.63, 3.8) is 0 Å². The molecule has 0 aliphatic rings. The molecule has 0 bridgehead atoms. The minimum Gasteiger partial charge on any atom is -0.465 e. The molecule has 0 fully saturated rings. The van der Waals surface area contributed by atoms with Gasteiger partial charge >= 0.3 is 5.97 Å². The van der Waals surface area contributed by atoms with E-state index in [1.165, 1.54) is 0 Å². The third-order valence-electron chi connectivity index (χ3n) is 3.32. The van der Waals surface area contributed by atoms with Gasteiger partial charge in [-0.1, -0.05) is 13.8 Å². The van der Waals surface area contributed by atoms with Gasteiger partial charge in [0.1, 0.15) is 0 Å². The molecule has 0 spiro atoms. The number of hydrogen-bond acceptors (Lipinski definition) is 4. The number of hydrogen-bond donors (Lipinski definition) is 1. The van der Waals surface area contributed by atoms with Crippen molar-refractivity contribution >= 4 is 18.4 Å². The molecule has 1 rings (SSSR count). The van der Waals surface area contributed by atoms with Crippen LogP contribution in [0.2, 0.25) is 0 Å². The lowest BCUT2D eigenvalue weighted by Gasteiger charge is -2.16. The van der Waals surface area contributed by atoms with E-state index in [9.17, 15) is 4.79 Å². The van der Waals surface area contributed by atoms with Gasteiger partial charge in [0.2, 0.25) is 0 Å². The van der Waals surface area contributed by atoms with Gasteiger partial charge in [-0.3, -0.25) is 9.48 Å². The summed E-state index contributed by atoms with van der Waals surface area (Å²) in [6, 6.07) is 1.96. The van der Waals surface area contributed by atoms with Crippen LogP contribution < -0.4 is 5.73 Å². The standard InChI is InChI=1S/C15H27N3O2.ClH/c1-4-18-14(5-7-17-18)6-8-20-15(19)10-13(11-16)9-12(2)3;/h5,7,12-13H,4,6,8-11,16H2,1-3H3;1H/t13-;/m0./s1. The van der Waals surface area contributed by atoms with Crippen LogP contribution in [0.1, 0.15) is 39.3 Å². The molecule has 21 heavy (non-hydrogen) atoms. The Morgan fingerprint density at radius 2 is 2.19 bits per heavy atom. The van der Waals surface area contributed by atoms with Gasteiger partial charge < -0.3 is 10.5 Å². The second-order valence-corrected chi connectivity index (χ2v) is 5.54. The Bertz CT molecular complexity index is 407. The molecule has 0 saturated carbocycles. The summed E-state index contributed by atoms with van der Waals surface area (Å²) >= 11 is 0. The first-order valence-corrected chi connectivity index (χ1v) is 7.43. The summed E-state index contributed by atoms with van der Waals surface area (Å²) in [4.78, 5) is 11.8. The smallest absolute Gasteiger partial charge is 0.306 e. The molecule has 0 saturated heterocycles. The Labute approximate surface area is 133 Å². The van der Waals surface area contributed by atoms with E-state index in [-0.39, 0.29) is 24.3 Å². The molecule has 1 aromatic rings. The van der Waals surface area contributed by atoms with Crippen molar-refractivity contribution in [2.75, 3.05) is 13.2 Å². The quantitative estimate of drug-likeness (QED) is 0.710. The maximum atomic E-state index is 11.8. The SMILES string of the molecule is CCn1nccc1CCOC(=O)C[C@@H](CN)CC(C)C.Cl. The summed E-state index contributed by atoms with van der Waals surface area (Å²) in [6.45, 7) is 8.10. The molecule has 0 aromatic carbocycles. The summed E-state index contributed by atoms with van der Waals surface area (Å²) in [5.41, 5.74) is 6.79. The molecular formula is C15H28ClN3O2. The van der Waals surface area contributed by atoms with Crippen molar-refractivity contribution in [3.05, 3.63) is 18.0 Å². The zero-order valence-corrected chi connectivity index (χ0v) is 14.1. The van der Waals surface area contributed by atoms with Crippen LogP contribution in [-0.2, 0) is 22.5 Å². The topological polar surface area (TPSA) is 70.1 Å². The van der Waals surface area contributed by atoms with Crippen molar-refractivity contribution < 1.29 is 9.53 Å². The van der Waals surface area contributed by atoms with Gasteiger partial charge in [0.05, 0.1) is 6.61 Å². The third-order valence-corrected chi connectivity index (χ3v) is 3.32. The van der Waals surface area contributed by atoms with Crippen LogP contribution in [0.15, 0.2) is 12.3 Å². The van der Waals surface area contributed by atoms with Crippen molar-refractivity contribution in [2.24, 2.45) is 17.6 Å². The van der Waals surface area contributed by atoms with E-state index in [1.54, 1.807) is 6.20 Å². The van der Waals surface area contributed by atoms with E-state index in [1.807, 2.05) is 17.7 Å². The van der Waals surface area contributed by atoms with E-state index in [2.05, 4.69) is 18.9 Å². The van der Waals surface area contributed by atoms with E-state index < -0.39 is 0 Å². The van der Waals surface area contributed by atoms with E-state index in [0.29, 0.717) is 31.9 Å². The van der Waals surface area contributed by atoms with E-state index in [4.69, 9.17) is 10.5 Å². The number of aryl methyl sites for hydroxylation is 1. The molecule has 6 heteroatoms. The van der Waals surface area contributed by atoms with Crippen molar-refractivity contribution in [3.8, 4) is 0 Å². The van der Waals surface area contributed by atoms with Crippen LogP contribution in [0, 0.1) is 11.8 Å². The maximum Gasteiger partial charge on any atom is 0.306 e. The average molecular weight is 318 g/mol. The Kier molecular flexibility index (Phi) is 10.1. The Hall–Kier alpha value is -1.07. The summed E-state index contributed by atoms with van der Waals surface area (Å²) in [5.74, 6) is 0.627. The predicted octanol–water partition coefficient (Wildman–Crippen LogP) is 2.42. The van der Waals surface area contributed by atoms with Gasteiger partial charge in [-0.15, -0.1) is 12.4 Å². The zero-order chi connectivity index (χ0) is 15.0. The van der Waals surface area contributed by atoms with Crippen molar-refractivity contribution in [2.45, 2.75) is 46.6 Å². The highest BCUT2D eigenvalue weighted by atomic mass is 35.5. The van der Waals surface area contributed by atoms with E-state index in [0.717, 1.165) is 18.7 Å². The van der Waals surface area contributed by atoms with Crippen LogP contribution in [-0.4, -0.2) is 28.9 Å². The molecule has 1 atom stereocenters. The second-order valence-electron chi connectivity index (χ2n) is 5.54. The lowest BCUT2D eigenvalue weighted by atomic mass is 9.94. The van der Waals surface area contributed by atoms with E-state index >= 15 is 0 Å². The lowest BCUT2D eigenvalue weighted by Crippen LogP contribution is -2.21. The largest absolute Gasteiger partial charge is 0.465 e. The van der Waals surface area contributed by atoms with Crippen molar-refractivity contribution in [1.29, 1.82) is 0 Å². The van der Waals surface area contributed by atoms with Gasteiger partial charge in [0, 0.05) is 31.3 Å². The number of aromatic nitrogens is 2. The number of carbonyl (C=O) groups excluding carboxylic acids is 1. The van der Waals surface area contributed by atoms with Crippen molar-refractivity contribution in [1.82, 2.24) is 9.78 Å². The van der Waals surface area contributed by atoms with Gasteiger partial charge in [-0.2, -0.15) is 5.10 Å². The molecular weight excluding hydrogens is 290 g/mol. The van der Waals surface area contributed by atoms with Gasteiger partial charge in [0.15, 0.2) is 0 Å². The number of rotatable bonds is 9. The first kappa shape index (κ1) is 19.9. The maximum absolute atomic E-state index is 11.8.